The van der Waals surface area contributed by atoms with Crippen LogP contribution in [-0.2, 0) is 4.79 Å². The fraction of sp³-hybridized carbons (Fsp3) is 0.370. The Morgan fingerprint density at radius 1 is 0.716 bits per heavy atom. The predicted octanol–water partition coefficient (Wildman–Crippen LogP) is 8.16. The molecule has 4 aliphatic rings. The molecule has 0 radical (unpaired) electrons. The maximum absolute atomic E-state index is 13.0. The Morgan fingerprint density at radius 3 is 1.54 bits per heavy atom. The molecule has 8 amide bonds. The van der Waals surface area contributed by atoms with Crippen LogP contribution < -0.4 is 21.7 Å². The number of anilines is 2. The third-order valence-corrected chi connectivity index (χ3v) is 14.9. The van der Waals surface area contributed by atoms with E-state index < -0.39 is 20.2 Å². The number of halogens is 2. The average molecular weight is 1010 g/mol. The van der Waals surface area contributed by atoms with Crippen molar-refractivity contribution in [3.05, 3.63) is 101 Å². The molecule has 0 spiro atoms. The summed E-state index contributed by atoms with van der Waals surface area (Å²) in [7, 11) is -1.34. The Labute approximate surface area is 407 Å². The fourth-order valence-electron chi connectivity index (χ4n) is 8.01. The molecular weight excluding hydrogens is 956 g/mol. The number of piperidine rings is 2. The number of nitrogens with one attached hydrogen (secondary N) is 3. The van der Waals surface area contributed by atoms with Gasteiger partial charge in [0, 0.05) is 26.2 Å². The lowest BCUT2D eigenvalue weighted by molar-refractivity contribution is -0.102. The zero-order valence-electron chi connectivity index (χ0n) is 37.3. The Kier molecular flexibility index (Phi) is 17.4. The number of amides is 8. The van der Waals surface area contributed by atoms with Crippen molar-refractivity contribution in [2.75, 3.05) is 49.9 Å². The Bertz CT molecular complexity index is 2560. The van der Waals surface area contributed by atoms with Gasteiger partial charge in [-0.25, -0.2) is 4.79 Å². The molecule has 2 fully saturated rings. The van der Waals surface area contributed by atoms with Gasteiger partial charge in [-0.1, -0.05) is 35.3 Å². The number of urea groups is 1. The zero-order chi connectivity index (χ0) is 48.4. The van der Waals surface area contributed by atoms with Crippen molar-refractivity contribution in [1.29, 1.82) is 0 Å². The van der Waals surface area contributed by atoms with Gasteiger partial charge in [-0.3, -0.25) is 43.4 Å². The van der Waals surface area contributed by atoms with E-state index in [2.05, 4.69) is 40.2 Å². The molecule has 4 aromatic rings. The Balaban J connectivity index is 0.000000191. The average Bonchev–Trinajstić information content (AvgIpc) is 4.07. The van der Waals surface area contributed by atoms with E-state index in [0.29, 0.717) is 79.8 Å². The van der Waals surface area contributed by atoms with Crippen LogP contribution in [0, 0.1) is 11.8 Å². The van der Waals surface area contributed by atoms with Gasteiger partial charge < -0.3 is 31.2 Å². The van der Waals surface area contributed by atoms with E-state index in [1.54, 1.807) is 65.6 Å². The number of aldehydes is 1. The summed E-state index contributed by atoms with van der Waals surface area (Å²) in [5.41, 5.74) is 7.10. The summed E-state index contributed by atoms with van der Waals surface area (Å²) in [6, 6.07) is 15.9. The van der Waals surface area contributed by atoms with Crippen LogP contribution in [0.3, 0.4) is 0 Å². The lowest BCUT2D eigenvalue weighted by Gasteiger charge is -2.31. The van der Waals surface area contributed by atoms with E-state index in [-0.39, 0.29) is 46.2 Å². The predicted molar refractivity (Wildman–Crippen MR) is 265 cm³/mol. The number of hydrogen-bond acceptors (Lipinski definition) is 12. The van der Waals surface area contributed by atoms with Crippen LogP contribution in [0.5, 0.6) is 0 Å². The molecule has 354 valence electrons. The van der Waals surface area contributed by atoms with Crippen LogP contribution in [0.15, 0.2) is 65.3 Å². The van der Waals surface area contributed by atoms with Crippen molar-refractivity contribution in [1.82, 2.24) is 20.0 Å². The highest BCUT2D eigenvalue weighted by Gasteiger charge is 2.39. The van der Waals surface area contributed by atoms with E-state index in [9.17, 15) is 38.4 Å². The van der Waals surface area contributed by atoms with Crippen molar-refractivity contribution in [2.45, 2.75) is 58.2 Å². The first-order valence-corrected chi connectivity index (χ1v) is 27.6. The van der Waals surface area contributed by atoms with Crippen LogP contribution in [-0.4, -0.2) is 116 Å². The molecule has 0 bridgehead atoms. The number of hydrogen-bond donors (Lipinski definition) is 4. The molecule has 16 nitrogen and oxygen atoms in total. The molecule has 4 aliphatic heterocycles. The lowest BCUT2D eigenvalue weighted by atomic mass is 9.93. The highest BCUT2D eigenvalue weighted by atomic mass is 35.5. The molecule has 21 heteroatoms. The van der Waals surface area contributed by atoms with Crippen LogP contribution >= 0.6 is 45.9 Å². The minimum atomic E-state index is -1.34. The van der Waals surface area contributed by atoms with Crippen molar-refractivity contribution in [3.63, 3.8) is 0 Å². The molecule has 8 rings (SSSR count). The van der Waals surface area contributed by atoms with Gasteiger partial charge in [0.2, 0.25) is 0 Å². The minimum Gasteiger partial charge on any atom is -0.351 e. The highest BCUT2D eigenvalue weighted by molar-refractivity contribution is 7.18. The Hall–Kier alpha value is -5.57. The van der Waals surface area contributed by atoms with E-state index in [4.69, 9.17) is 28.9 Å². The third kappa shape index (κ3) is 13.1. The standard InChI is InChI=1S/C21H21ClN4O4S.C20H20ClN3O3S.C5H11NOSi/c22-16-5-4-15(31-16)18(27)24-14-3-1-2-13-17(14)20(29)26(19(13)28)11-8-12-6-9-25(10-7-12)21(23)30;21-16-5-4-15(28-16)18(25)23-14-3-1-2-13-17(14)20(27)24(19(13)26)11-8-12-6-9-22-10-7-12;1-8(2,3)6-4-5-7/h1-5,12H,6-11H2,(H2,23,30)(H,24,27);1-5,12,22H,6-11H2,(H,23,25);4-5H,1-3H3. The largest absolute Gasteiger partial charge is 0.351 e. The molecule has 0 atom stereocenters. The number of thiophene rings is 2. The first-order chi connectivity index (χ1) is 31.9. The number of imide groups is 2. The summed E-state index contributed by atoms with van der Waals surface area (Å²) in [6.45, 7) is 10.1. The number of likely N-dealkylation sites (tertiary alicyclic amines) is 1. The van der Waals surface area contributed by atoms with Crippen LogP contribution in [0.2, 0.25) is 28.3 Å². The van der Waals surface area contributed by atoms with Crippen LogP contribution in [0.25, 0.3) is 0 Å². The summed E-state index contributed by atoms with van der Waals surface area (Å²) >= 11 is 14.1. The van der Waals surface area contributed by atoms with Crippen LogP contribution in [0.4, 0.5) is 16.2 Å². The molecule has 67 heavy (non-hydrogen) atoms. The summed E-state index contributed by atoms with van der Waals surface area (Å²) in [5, 5.41) is 8.80. The molecule has 6 heterocycles. The molecule has 0 saturated carbocycles. The van der Waals surface area contributed by atoms with Gasteiger partial charge in [0.15, 0.2) is 14.5 Å². The van der Waals surface area contributed by atoms with Gasteiger partial charge >= 0.3 is 6.03 Å². The molecular formula is C46H52Cl2N8O8S2Si. The molecule has 0 aliphatic carbocycles. The van der Waals surface area contributed by atoms with Gasteiger partial charge in [0.05, 0.1) is 58.3 Å². The van der Waals surface area contributed by atoms with Gasteiger partial charge in [-0.15, -0.1) is 22.7 Å². The molecule has 0 unspecified atom stereocenters. The maximum atomic E-state index is 13.0. The number of nitrogens with two attached hydrogens (primary N) is 1. The normalized spacial score (nSPS) is 16.3. The summed E-state index contributed by atoms with van der Waals surface area (Å²) in [4.78, 5) is 103. The Morgan fingerprint density at radius 2 is 1.16 bits per heavy atom. The number of primary amides is 1. The second-order valence-electron chi connectivity index (χ2n) is 17.2. The van der Waals surface area contributed by atoms with E-state index in [1.807, 2.05) is 0 Å². The molecule has 5 N–H and O–H groups in total. The number of fused-ring (bicyclic) bond motifs is 2. The third-order valence-electron chi connectivity index (χ3n) is 11.5. The minimum absolute atomic E-state index is 0.215. The SMILES string of the molecule is C[Si](C)(C)N=CC=O.NC(=O)N1CCC(CCN2C(=O)c3cccc(NC(=O)c4ccc(Cl)s4)c3C2=O)CC1.O=C(Nc1cccc2c1C(=O)N(CCC1CCNCC1)C2=O)c1ccc(Cl)s1. The fourth-order valence-corrected chi connectivity index (χ4v) is 10.4. The first kappa shape index (κ1) is 50.8. The zero-order valence-corrected chi connectivity index (χ0v) is 41.4. The van der Waals surface area contributed by atoms with Gasteiger partial charge in [-0.05, 0) is 132 Å². The molecule has 2 aromatic carbocycles. The molecule has 2 aromatic heterocycles. The first-order valence-electron chi connectivity index (χ1n) is 21.8. The summed E-state index contributed by atoms with van der Waals surface area (Å²) in [6.07, 6.45) is 7.23. The van der Waals surface area contributed by atoms with Crippen LogP contribution in [0.1, 0.15) is 99.3 Å². The van der Waals surface area contributed by atoms with E-state index in [1.165, 1.54) is 16.0 Å². The number of benzene rings is 2. The van der Waals surface area contributed by atoms with Crippen molar-refractivity contribution in [3.8, 4) is 0 Å². The maximum Gasteiger partial charge on any atom is 0.314 e. The number of carbonyl (C=O) groups excluding carboxylic acids is 8. The quantitative estimate of drug-likeness (QED) is 0.0465. The topological polar surface area (TPSA) is 221 Å². The van der Waals surface area contributed by atoms with Gasteiger partial charge in [-0.2, -0.15) is 0 Å². The summed E-state index contributed by atoms with van der Waals surface area (Å²) in [5.74, 6) is -1.29. The smallest absolute Gasteiger partial charge is 0.314 e. The summed E-state index contributed by atoms with van der Waals surface area (Å²) < 4.78 is 5.02. The highest BCUT2D eigenvalue weighted by Crippen LogP contribution is 2.34. The lowest BCUT2D eigenvalue weighted by Crippen LogP contribution is -2.42. The van der Waals surface area contributed by atoms with Gasteiger partial charge in [0.25, 0.3) is 35.4 Å². The number of nitrogens with zero attached hydrogens (tertiary/aromatic N) is 4. The van der Waals surface area contributed by atoms with E-state index in [0.717, 1.165) is 74.2 Å². The number of carbonyl (C=O) groups is 8. The monoisotopic (exact) mass is 1010 g/mol. The van der Waals surface area contributed by atoms with E-state index >= 15 is 0 Å². The van der Waals surface area contributed by atoms with Gasteiger partial charge in [0.1, 0.15) is 0 Å². The van der Waals surface area contributed by atoms with Crippen molar-refractivity contribution >= 4 is 119 Å². The molecule has 2 saturated heterocycles. The second-order valence-corrected chi connectivity index (χ2v) is 25.3. The van der Waals surface area contributed by atoms with Crippen molar-refractivity contribution < 1.29 is 38.4 Å². The van der Waals surface area contributed by atoms with Crippen molar-refractivity contribution in [2.24, 2.45) is 22.2 Å². The number of rotatable bonds is 12. The second kappa shape index (κ2) is 23.0.